The van der Waals surface area contributed by atoms with Gasteiger partial charge in [0.15, 0.2) is 0 Å². The Kier molecular flexibility index (Phi) is 7.56. The summed E-state index contributed by atoms with van der Waals surface area (Å²) in [5.74, 6) is -0.252. The van der Waals surface area contributed by atoms with Gasteiger partial charge in [-0.25, -0.2) is 0 Å². The minimum absolute atomic E-state index is 0.0110. The van der Waals surface area contributed by atoms with E-state index in [1.54, 1.807) is 48.5 Å². The highest BCUT2D eigenvalue weighted by Crippen LogP contribution is 2.15. The van der Waals surface area contributed by atoms with E-state index in [4.69, 9.17) is 4.74 Å². The maximum Gasteiger partial charge on any atom is 0.253 e. The lowest BCUT2D eigenvalue weighted by Gasteiger charge is -2.13. The molecule has 0 aliphatic heterocycles. The number of hydrogen-bond acceptors (Lipinski definition) is 4. The first-order chi connectivity index (χ1) is 13.4. The molecule has 0 atom stereocenters. The molecular formula is C21H25N3O4. The van der Waals surface area contributed by atoms with Crippen molar-refractivity contribution in [2.24, 2.45) is 0 Å². The van der Waals surface area contributed by atoms with Crippen molar-refractivity contribution in [2.75, 3.05) is 19.0 Å². The molecule has 0 saturated carbocycles. The molecule has 2 aromatic carbocycles. The fourth-order valence-corrected chi connectivity index (χ4v) is 2.50. The zero-order chi connectivity index (χ0) is 20.5. The third kappa shape index (κ3) is 6.12. The number of rotatable bonds is 8. The van der Waals surface area contributed by atoms with Gasteiger partial charge in [-0.2, -0.15) is 0 Å². The molecule has 0 radical (unpaired) electrons. The lowest BCUT2D eigenvalue weighted by Crippen LogP contribution is -2.31. The van der Waals surface area contributed by atoms with Crippen molar-refractivity contribution >= 4 is 23.4 Å². The van der Waals surface area contributed by atoms with E-state index in [1.807, 2.05) is 13.8 Å². The number of ether oxygens (including phenoxy) is 1. The number of carbonyl (C=O) groups excluding carboxylic acids is 3. The number of hydrogen-bond donors (Lipinski definition) is 3. The molecule has 148 valence electrons. The molecule has 0 heterocycles. The Morgan fingerprint density at radius 2 is 1.75 bits per heavy atom. The molecule has 0 aromatic heterocycles. The van der Waals surface area contributed by atoms with Crippen molar-refractivity contribution in [1.29, 1.82) is 0 Å². The molecule has 7 nitrogen and oxygen atoms in total. The molecule has 0 aliphatic carbocycles. The smallest absolute Gasteiger partial charge is 0.253 e. The highest BCUT2D eigenvalue weighted by atomic mass is 16.5. The van der Waals surface area contributed by atoms with Gasteiger partial charge < -0.3 is 20.7 Å². The second-order valence-corrected chi connectivity index (χ2v) is 6.46. The van der Waals surface area contributed by atoms with Crippen LogP contribution in [-0.2, 0) is 4.79 Å². The summed E-state index contributed by atoms with van der Waals surface area (Å²) in [6.07, 6.45) is 0.0792. The van der Waals surface area contributed by atoms with Crippen LogP contribution in [0.1, 0.15) is 41.0 Å². The Morgan fingerprint density at radius 3 is 2.46 bits per heavy atom. The van der Waals surface area contributed by atoms with Gasteiger partial charge in [0.05, 0.1) is 18.4 Å². The minimum Gasteiger partial charge on any atom is -0.497 e. The minimum atomic E-state index is -0.296. The van der Waals surface area contributed by atoms with Gasteiger partial charge >= 0.3 is 0 Å². The zero-order valence-corrected chi connectivity index (χ0v) is 16.2. The summed E-state index contributed by atoms with van der Waals surface area (Å²) in [6, 6.07) is 13.5. The van der Waals surface area contributed by atoms with Crippen LogP contribution < -0.4 is 20.7 Å². The van der Waals surface area contributed by atoms with E-state index in [9.17, 15) is 14.4 Å². The van der Waals surface area contributed by atoms with Crippen LogP contribution in [-0.4, -0.2) is 37.4 Å². The quantitative estimate of drug-likeness (QED) is 0.653. The molecule has 0 bridgehead atoms. The predicted molar refractivity (Wildman–Crippen MR) is 108 cm³/mol. The van der Waals surface area contributed by atoms with Crippen LogP contribution in [0.2, 0.25) is 0 Å². The number of benzene rings is 2. The fourth-order valence-electron chi connectivity index (χ4n) is 2.50. The second kappa shape index (κ2) is 10.1. The van der Waals surface area contributed by atoms with E-state index in [2.05, 4.69) is 16.0 Å². The summed E-state index contributed by atoms with van der Waals surface area (Å²) < 4.78 is 5.09. The van der Waals surface area contributed by atoms with E-state index in [0.29, 0.717) is 22.6 Å². The van der Waals surface area contributed by atoms with Gasteiger partial charge in [-0.05, 0) is 44.2 Å². The number of anilines is 1. The molecule has 0 spiro atoms. The molecule has 0 fully saturated rings. The monoisotopic (exact) mass is 383 g/mol. The fraction of sp³-hybridized carbons (Fsp3) is 0.286. The third-order valence-corrected chi connectivity index (χ3v) is 3.84. The first kappa shape index (κ1) is 21.0. The highest BCUT2D eigenvalue weighted by molar-refractivity contribution is 6.04. The standard InChI is InChI=1S/C21H25N3O4/c1-14(2)23-21(27)17-9-4-5-10-18(17)24-19(25)11-12-22-20(26)15-7-6-8-16(13-15)28-3/h4-10,13-14H,11-12H2,1-3H3,(H,22,26)(H,23,27)(H,24,25). The number of methoxy groups -OCH3 is 1. The largest absolute Gasteiger partial charge is 0.497 e. The Labute approximate surface area is 164 Å². The molecule has 2 aromatic rings. The number of amides is 3. The van der Waals surface area contributed by atoms with Crippen LogP contribution in [0.5, 0.6) is 5.75 Å². The van der Waals surface area contributed by atoms with Crippen LogP contribution >= 0.6 is 0 Å². The van der Waals surface area contributed by atoms with Crippen LogP contribution in [0.15, 0.2) is 48.5 Å². The molecule has 3 N–H and O–H groups in total. The van der Waals surface area contributed by atoms with Gasteiger partial charge in [-0.3, -0.25) is 14.4 Å². The second-order valence-electron chi connectivity index (χ2n) is 6.46. The number of carbonyl (C=O) groups is 3. The predicted octanol–water partition coefficient (Wildman–Crippen LogP) is 2.59. The summed E-state index contributed by atoms with van der Waals surface area (Å²) in [5, 5.41) is 8.22. The third-order valence-electron chi connectivity index (χ3n) is 3.84. The SMILES string of the molecule is COc1cccc(C(=O)NCCC(=O)Nc2ccccc2C(=O)NC(C)C)c1. The van der Waals surface area contributed by atoms with E-state index >= 15 is 0 Å². The van der Waals surface area contributed by atoms with E-state index in [1.165, 1.54) is 7.11 Å². The van der Waals surface area contributed by atoms with Crippen LogP contribution in [0, 0.1) is 0 Å². The highest BCUT2D eigenvalue weighted by Gasteiger charge is 2.14. The zero-order valence-electron chi connectivity index (χ0n) is 16.2. The van der Waals surface area contributed by atoms with Crippen molar-refractivity contribution in [2.45, 2.75) is 26.3 Å². The molecule has 7 heteroatoms. The molecule has 28 heavy (non-hydrogen) atoms. The van der Waals surface area contributed by atoms with Gasteiger partial charge in [-0.1, -0.05) is 18.2 Å². The Morgan fingerprint density at radius 1 is 1.00 bits per heavy atom. The lowest BCUT2D eigenvalue weighted by molar-refractivity contribution is -0.116. The molecule has 0 unspecified atom stereocenters. The van der Waals surface area contributed by atoms with Crippen molar-refractivity contribution < 1.29 is 19.1 Å². The molecule has 2 rings (SSSR count). The first-order valence-electron chi connectivity index (χ1n) is 9.02. The van der Waals surface area contributed by atoms with Crippen molar-refractivity contribution in [1.82, 2.24) is 10.6 Å². The Hall–Kier alpha value is -3.35. The molecule has 0 aliphatic rings. The molecule has 0 saturated heterocycles. The average Bonchev–Trinajstić information content (AvgIpc) is 2.67. The summed E-state index contributed by atoms with van der Waals surface area (Å²) in [6.45, 7) is 3.90. The van der Waals surface area contributed by atoms with Gasteiger partial charge in [0.1, 0.15) is 5.75 Å². The number of nitrogens with one attached hydrogen (secondary N) is 3. The Balaban J connectivity index is 1.89. The summed E-state index contributed by atoms with van der Waals surface area (Å²) in [7, 11) is 1.53. The normalized spacial score (nSPS) is 10.3. The molecule has 3 amide bonds. The van der Waals surface area contributed by atoms with Crippen LogP contribution in [0.25, 0.3) is 0 Å². The van der Waals surface area contributed by atoms with Gasteiger partial charge in [-0.15, -0.1) is 0 Å². The van der Waals surface area contributed by atoms with E-state index < -0.39 is 0 Å². The summed E-state index contributed by atoms with van der Waals surface area (Å²) >= 11 is 0. The topological polar surface area (TPSA) is 96.5 Å². The van der Waals surface area contributed by atoms with Gasteiger partial charge in [0.25, 0.3) is 11.8 Å². The summed E-state index contributed by atoms with van der Waals surface area (Å²) in [5.41, 5.74) is 1.28. The first-order valence-corrected chi connectivity index (χ1v) is 9.02. The average molecular weight is 383 g/mol. The number of para-hydroxylation sites is 1. The van der Waals surface area contributed by atoms with E-state index in [-0.39, 0.29) is 36.7 Å². The lowest BCUT2D eigenvalue weighted by atomic mass is 10.1. The maximum atomic E-state index is 12.2. The van der Waals surface area contributed by atoms with Crippen LogP contribution in [0.4, 0.5) is 5.69 Å². The van der Waals surface area contributed by atoms with Gasteiger partial charge in [0, 0.05) is 24.6 Å². The van der Waals surface area contributed by atoms with Gasteiger partial charge in [0.2, 0.25) is 5.91 Å². The van der Waals surface area contributed by atoms with E-state index in [0.717, 1.165) is 0 Å². The summed E-state index contributed by atoms with van der Waals surface area (Å²) in [4.78, 5) is 36.6. The van der Waals surface area contributed by atoms with Crippen molar-refractivity contribution in [3.05, 3.63) is 59.7 Å². The van der Waals surface area contributed by atoms with Crippen molar-refractivity contribution in [3.8, 4) is 5.75 Å². The Bertz CT molecular complexity index is 849. The molecular weight excluding hydrogens is 358 g/mol. The van der Waals surface area contributed by atoms with Crippen LogP contribution in [0.3, 0.4) is 0 Å². The van der Waals surface area contributed by atoms with Crippen molar-refractivity contribution in [3.63, 3.8) is 0 Å². The maximum absolute atomic E-state index is 12.2.